The van der Waals surface area contributed by atoms with Crippen molar-refractivity contribution < 1.29 is 9.53 Å². The zero-order chi connectivity index (χ0) is 11.0. The fourth-order valence-electron chi connectivity index (χ4n) is 2.33. The number of carbonyl (C=O) groups excluding carboxylic acids is 1. The van der Waals surface area contributed by atoms with E-state index in [0.717, 1.165) is 18.5 Å². The summed E-state index contributed by atoms with van der Waals surface area (Å²) in [7, 11) is 0. The maximum Gasteiger partial charge on any atom is 0.293 e. The Kier molecular flexibility index (Phi) is 2.42. The largest absolute Gasteiger partial charge is 0.458 e. The average molecular weight is 220 g/mol. The Bertz CT molecular complexity index is 380. The van der Waals surface area contributed by atoms with Crippen molar-refractivity contribution in [2.24, 2.45) is 5.92 Å². The normalized spacial score (nSPS) is 22.5. The molecule has 1 aromatic rings. The molecule has 2 saturated carbocycles. The number of nitrogens with one attached hydrogen (secondary N) is 1. The Morgan fingerprint density at radius 3 is 2.81 bits per heavy atom. The van der Waals surface area contributed by atoms with Crippen LogP contribution in [0.15, 0.2) is 6.07 Å². The van der Waals surface area contributed by atoms with Crippen LogP contribution in [-0.2, 0) is 9.53 Å². The first-order chi connectivity index (χ1) is 7.88. The Balaban J connectivity index is 1.76. The zero-order valence-electron chi connectivity index (χ0n) is 9.19. The van der Waals surface area contributed by atoms with Crippen LogP contribution in [0.25, 0.3) is 0 Å². The van der Waals surface area contributed by atoms with Gasteiger partial charge in [0.25, 0.3) is 6.47 Å². The van der Waals surface area contributed by atoms with E-state index < -0.39 is 0 Å². The van der Waals surface area contributed by atoms with Crippen LogP contribution in [0.3, 0.4) is 0 Å². The molecule has 2 aliphatic carbocycles. The third-order valence-corrected chi connectivity index (χ3v) is 3.71. The summed E-state index contributed by atoms with van der Waals surface area (Å²) in [6.45, 7) is 0.550. The lowest BCUT2D eigenvalue weighted by Gasteiger charge is -2.31. The van der Waals surface area contributed by atoms with Crippen molar-refractivity contribution in [1.82, 2.24) is 10.2 Å². The lowest BCUT2D eigenvalue weighted by atomic mass is 9.80. The van der Waals surface area contributed by atoms with E-state index in [0.29, 0.717) is 18.3 Å². The molecular formula is C12H16N2O2. The summed E-state index contributed by atoms with van der Waals surface area (Å²) < 4.78 is 5.18. The molecular weight excluding hydrogens is 204 g/mol. The zero-order valence-corrected chi connectivity index (χ0v) is 9.19. The van der Waals surface area contributed by atoms with Gasteiger partial charge in [-0.05, 0) is 31.7 Å². The predicted molar refractivity (Wildman–Crippen MR) is 57.8 cm³/mol. The number of hydrogen-bond acceptors (Lipinski definition) is 3. The summed E-state index contributed by atoms with van der Waals surface area (Å²) in [6, 6.07) is 2.07. The van der Waals surface area contributed by atoms with Crippen LogP contribution in [0.2, 0.25) is 0 Å². The number of ether oxygens (including phenoxy) is 1. The number of nitrogens with zero attached hydrogens (tertiary/aromatic N) is 1. The highest BCUT2D eigenvalue weighted by Crippen LogP contribution is 2.42. The molecule has 1 atom stereocenters. The highest BCUT2D eigenvalue weighted by molar-refractivity contribution is 5.38. The quantitative estimate of drug-likeness (QED) is 0.775. The molecule has 0 saturated heterocycles. The van der Waals surface area contributed by atoms with Crippen molar-refractivity contribution in [2.45, 2.75) is 44.1 Å². The molecule has 1 aromatic heterocycles. The first-order valence-electron chi connectivity index (χ1n) is 6.03. The van der Waals surface area contributed by atoms with Crippen molar-refractivity contribution in [2.75, 3.05) is 0 Å². The molecule has 0 amide bonds. The van der Waals surface area contributed by atoms with Gasteiger partial charge in [0.05, 0.1) is 0 Å². The highest BCUT2D eigenvalue weighted by atomic mass is 16.5. The number of aromatic nitrogens is 2. The second-order valence-corrected chi connectivity index (χ2v) is 4.87. The third kappa shape index (κ3) is 1.72. The topological polar surface area (TPSA) is 55.0 Å². The molecule has 0 spiro atoms. The number of hydrogen-bond donors (Lipinski definition) is 1. The lowest BCUT2D eigenvalue weighted by Crippen LogP contribution is -2.22. The van der Waals surface area contributed by atoms with Gasteiger partial charge < -0.3 is 4.74 Å². The lowest BCUT2D eigenvalue weighted by molar-refractivity contribution is -0.138. The number of aromatic amines is 1. The third-order valence-electron chi connectivity index (χ3n) is 3.71. The van der Waals surface area contributed by atoms with E-state index in [1.165, 1.54) is 25.0 Å². The summed E-state index contributed by atoms with van der Waals surface area (Å²) in [5.41, 5.74) is 2.10. The van der Waals surface area contributed by atoms with Gasteiger partial charge in [-0.25, -0.2) is 0 Å². The minimum atomic E-state index is -0.130. The van der Waals surface area contributed by atoms with Crippen LogP contribution >= 0.6 is 0 Å². The molecule has 16 heavy (non-hydrogen) atoms. The van der Waals surface area contributed by atoms with Gasteiger partial charge in [-0.3, -0.25) is 9.89 Å². The minimum absolute atomic E-state index is 0.130. The van der Waals surface area contributed by atoms with Crippen LogP contribution < -0.4 is 0 Å². The standard InChI is InChI=1S/C12H16N2O2/c15-7-16-12(9-2-1-3-9)11-6-10(13-14-11)8-4-5-8/h6-9,12H,1-5H2,(H,13,14). The second kappa shape index (κ2) is 3.92. The summed E-state index contributed by atoms with van der Waals surface area (Å²) in [5.74, 6) is 1.14. The molecule has 2 aliphatic rings. The molecule has 4 heteroatoms. The van der Waals surface area contributed by atoms with Gasteiger partial charge in [-0.2, -0.15) is 5.10 Å². The first-order valence-corrected chi connectivity index (χ1v) is 6.03. The van der Waals surface area contributed by atoms with Crippen molar-refractivity contribution in [3.8, 4) is 0 Å². The molecule has 3 rings (SSSR count). The number of rotatable bonds is 5. The molecule has 1 heterocycles. The molecule has 4 nitrogen and oxygen atoms in total. The minimum Gasteiger partial charge on any atom is -0.458 e. The van der Waals surface area contributed by atoms with Crippen LogP contribution in [0.1, 0.15) is 55.5 Å². The fourth-order valence-corrected chi connectivity index (χ4v) is 2.33. The van der Waals surface area contributed by atoms with Crippen molar-refractivity contribution in [3.05, 3.63) is 17.5 Å². The second-order valence-electron chi connectivity index (χ2n) is 4.87. The van der Waals surface area contributed by atoms with Gasteiger partial charge in [0.15, 0.2) is 0 Å². The maximum absolute atomic E-state index is 10.5. The Morgan fingerprint density at radius 2 is 2.25 bits per heavy atom. The molecule has 2 fully saturated rings. The molecule has 1 unspecified atom stereocenters. The van der Waals surface area contributed by atoms with Crippen molar-refractivity contribution in [3.63, 3.8) is 0 Å². The monoisotopic (exact) mass is 220 g/mol. The van der Waals surface area contributed by atoms with Gasteiger partial charge >= 0.3 is 0 Å². The van der Waals surface area contributed by atoms with E-state index in [4.69, 9.17) is 4.74 Å². The first kappa shape index (κ1) is 9.87. The fraction of sp³-hybridized carbons (Fsp3) is 0.667. The van der Waals surface area contributed by atoms with Gasteiger partial charge in [-0.1, -0.05) is 6.42 Å². The Morgan fingerprint density at radius 1 is 1.44 bits per heavy atom. The molecule has 0 radical (unpaired) electrons. The van der Waals surface area contributed by atoms with E-state index in [1.54, 1.807) is 0 Å². The summed E-state index contributed by atoms with van der Waals surface area (Å²) in [4.78, 5) is 10.5. The molecule has 0 bridgehead atoms. The van der Waals surface area contributed by atoms with E-state index in [-0.39, 0.29) is 6.10 Å². The predicted octanol–water partition coefficient (Wildman–Crippen LogP) is 2.30. The van der Waals surface area contributed by atoms with Crippen LogP contribution in [0.4, 0.5) is 0 Å². The van der Waals surface area contributed by atoms with Gasteiger partial charge in [0, 0.05) is 17.5 Å². The van der Waals surface area contributed by atoms with Gasteiger partial charge in [-0.15, -0.1) is 0 Å². The summed E-state index contributed by atoms with van der Waals surface area (Å²) in [5, 5.41) is 7.35. The number of H-pyrrole nitrogens is 1. The number of carbonyl (C=O) groups is 1. The highest BCUT2D eigenvalue weighted by Gasteiger charge is 2.33. The Hall–Kier alpha value is -1.32. The van der Waals surface area contributed by atoms with Crippen molar-refractivity contribution in [1.29, 1.82) is 0 Å². The SMILES string of the molecule is O=COC(c1cc(C2CC2)[nH]n1)C1CCC1. The smallest absolute Gasteiger partial charge is 0.293 e. The van der Waals surface area contributed by atoms with E-state index in [1.807, 2.05) is 0 Å². The molecule has 0 aliphatic heterocycles. The van der Waals surface area contributed by atoms with Crippen molar-refractivity contribution >= 4 is 6.47 Å². The molecule has 1 N–H and O–H groups in total. The summed E-state index contributed by atoms with van der Waals surface area (Å²) >= 11 is 0. The van der Waals surface area contributed by atoms with E-state index in [2.05, 4.69) is 16.3 Å². The summed E-state index contributed by atoms with van der Waals surface area (Å²) in [6.07, 6.45) is 5.90. The maximum atomic E-state index is 10.5. The van der Waals surface area contributed by atoms with Crippen LogP contribution in [0.5, 0.6) is 0 Å². The molecule has 0 aromatic carbocycles. The van der Waals surface area contributed by atoms with Gasteiger partial charge in [0.1, 0.15) is 11.8 Å². The van der Waals surface area contributed by atoms with E-state index >= 15 is 0 Å². The Labute approximate surface area is 94.4 Å². The van der Waals surface area contributed by atoms with Crippen LogP contribution in [-0.4, -0.2) is 16.7 Å². The van der Waals surface area contributed by atoms with Gasteiger partial charge in [0.2, 0.25) is 0 Å². The van der Waals surface area contributed by atoms with Crippen LogP contribution in [0, 0.1) is 5.92 Å². The molecule has 86 valence electrons. The van der Waals surface area contributed by atoms with E-state index in [9.17, 15) is 4.79 Å². The average Bonchev–Trinajstić information content (AvgIpc) is 2.94.